The molecule has 0 aliphatic carbocycles. The van der Waals surface area contributed by atoms with Crippen molar-refractivity contribution in [3.05, 3.63) is 35.9 Å². The van der Waals surface area contributed by atoms with Crippen LogP contribution in [0.5, 0.6) is 11.5 Å². The number of aliphatic hydroxyl groups excluding tert-OH is 1. The topological polar surface area (TPSA) is 75.7 Å². The minimum Gasteiger partial charge on any atom is -0.504 e. The highest BCUT2D eigenvalue weighted by Crippen LogP contribution is 2.33. The lowest BCUT2D eigenvalue weighted by Crippen LogP contribution is -2.15. The van der Waals surface area contributed by atoms with Crippen LogP contribution in [0.3, 0.4) is 0 Å². The second-order valence-electron chi connectivity index (χ2n) is 3.74. The first kappa shape index (κ1) is 13.5. The first-order chi connectivity index (χ1) is 8.13. The monoisotopic (exact) mass is 237 g/mol. The molecule has 0 aliphatic rings. The van der Waals surface area contributed by atoms with Crippen LogP contribution in [0.2, 0.25) is 0 Å². The first-order valence-corrected chi connectivity index (χ1v) is 5.59. The molecule has 94 valence electrons. The second kappa shape index (κ2) is 6.27. The van der Waals surface area contributed by atoms with Crippen molar-refractivity contribution in [1.29, 1.82) is 0 Å². The largest absolute Gasteiger partial charge is 0.504 e. The Morgan fingerprint density at radius 2 is 2.24 bits per heavy atom. The van der Waals surface area contributed by atoms with Crippen molar-refractivity contribution in [3.8, 4) is 11.5 Å². The van der Waals surface area contributed by atoms with Crippen molar-refractivity contribution in [2.75, 3.05) is 13.2 Å². The van der Waals surface area contributed by atoms with Gasteiger partial charge in [-0.1, -0.05) is 6.08 Å². The predicted molar refractivity (Wildman–Crippen MR) is 67.2 cm³/mol. The summed E-state index contributed by atoms with van der Waals surface area (Å²) in [7, 11) is 0. The highest BCUT2D eigenvalue weighted by molar-refractivity contribution is 5.50. The summed E-state index contributed by atoms with van der Waals surface area (Å²) in [5.74, 6) is 0.506. The molecule has 0 heterocycles. The fraction of sp³-hybridized carbons (Fsp3) is 0.385. The van der Waals surface area contributed by atoms with Gasteiger partial charge in [0.2, 0.25) is 0 Å². The maximum atomic E-state index is 9.95. The molecule has 0 saturated heterocycles. The molecule has 0 spiro atoms. The molecule has 1 aromatic carbocycles. The summed E-state index contributed by atoms with van der Waals surface area (Å²) in [5.41, 5.74) is 7.20. The quantitative estimate of drug-likeness (QED) is 0.655. The maximum absolute atomic E-state index is 9.95. The van der Waals surface area contributed by atoms with Crippen LogP contribution >= 0.6 is 0 Å². The molecular formula is C13H19NO3. The average Bonchev–Trinajstić information content (AvgIpc) is 2.33. The van der Waals surface area contributed by atoms with E-state index in [4.69, 9.17) is 15.6 Å². The predicted octanol–water partition coefficient (Wildman–Crippen LogP) is 1.51. The van der Waals surface area contributed by atoms with Crippen LogP contribution in [0.25, 0.3) is 0 Å². The number of ether oxygens (including phenoxy) is 1. The summed E-state index contributed by atoms with van der Waals surface area (Å²) < 4.78 is 5.34. The highest BCUT2D eigenvalue weighted by atomic mass is 16.5. The summed E-state index contributed by atoms with van der Waals surface area (Å²) >= 11 is 0. The molecule has 0 aliphatic heterocycles. The summed E-state index contributed by atoms with van der Waals surface area (Å²) in [6, 6.07) is 2.95. The van der Waals surface area contributed by atoms with Gasteiger partial charge in [0.15, 0.2) is 11.5 Å². The summed E-state index contributed by atoms with van der Waals surface area (Å²) in [4.78, 5) is 0. The normalized spacial score (nSPS) is 12.2. The summed E-state index contributed by atoms with van der Waals surface area (Å²) in [6.45, 7) is 5.78. The van der Waals surface area contributed by atoms with Crippen LogP contribution in [-0.4, -0.2) is 23.4 Å². The number of benzene rings is 1. The number of hydrogen-bond acceptors (Lipinski definition) is 4. The van der Waals surface area contributed by atoms with Crippen molar-refractivity contribution >= 4 is 0 Å². The van der Waals surface area contributed by atoms with Gasteiger partial charge in [-0.25, -0.2) is 0 Å². The lowest BCUT2D eigenvalue weighted by Gasteiger charge is -2.15. The van der Waals surface area contributed by atoms with Crippen LogP contribution < -0.4 is 10.5 Å². The Hall–Kier alpha value is -1.52. The van der Waals surface area contributed by atoms with Gasteiger partial charge in [0.05, 0.1) is 19.3 Å². The highest BCUT2D eigenvalue weighted by Gasteiger charge is 2.13. The fourth-order valence-corrected chi connectivity index (χ4v) is 1.59. The number of rotatable bonds is 6. The average molecular weight is 237 g/mol. The van der Waals surface area contributed by atoms with Crippen LogP contribution in [-0.2, 0) is 6.42 Å². The Balaban J connectivity index is 3.20. The molecule has 1 atom stereocenters. The van der Waals surface area contributed by atoms with Crippen molar-refractivity contribution < 1.29 is 14.9 Å². The summed E-state index contributed by atoms with van der Waals surface area (Å²) in [5, 5.41) is 19.0. The van der Waals surface area contributed by atoms with Crippen molar-refractivity contribution in [1.82, 2.24) is 0 Å². The molecule has 4 heteroatoms. The van der Waals surface area contributed by atoms with E-state index in [0.29, 0.717) is 24.3 Å². The first-order valence-electron chi connectivity index (χ1n) is 5.59. The Kier molecular flexibility index (Phi) is 5.00. The zero-order valence-corrected chi connectivity index (χ0v) is 10.0. The summed E-state index contributed by atoms with van der Waals surface area (Å²) in [6.07, 6.45) is 2.22. The van der Waals surface area contributed by atoms with Gasteiger partial charge in [-0.2, -0.15) is 0 Å². The maximum Gasteiger partial charge on any atom is 0.161 e. The molecule has 0 aromatic heterocycles. The van der Waals surface area contributed by atoms with Crippen molar-refractivity contribution in [2.24, 2.45) is 5.73 Å². The van der Waals surface area contributed by atoms with E-state index >= 15 is 0 Å². The van der Waals surface area contributed by atoms with Crippen molar-refractivity contribution in [2.45, 2.75) is 19.4 Å². The molecule has 0 fully saturated rings. The van der Waals surface area contributed by atoms with Gasteiger partial charge in [0.25, 0.3) is 0 Å². The SMILES string of the molecule is C=CCc1cc([C@H](N)CO)cc(OCC)c1O. The van der Waals surface area contributed by atoms with Gasteiger partial charge in [0.1, 0.15) is 0 Å². The van der Waals surface area contributed by atoms with Crippen LogP contribution in [0, 0.1) is 0 Å². The lowest BCUT2D eigenvalue weighted by molar-refractivity contribution is 0.267. The number of nitrogens with two attached hydrogens (primary N) is 1. The zero-order chi connectivity index (χ0) is 12.8. The third-order valence-electron chi connectivity index (χ3n) is 2.47. The third kappa shape index (κ3) is 3.22. The number of phenols is 1. The van der Waals surface area contributed by atoms with Gasteiger partial charge in [-0.15, -0.1) is 6.58 Å². The van der Waals surface area contributed by atoms with E-state index in [-0.39, 0.29) is 12.4 Å². The van der Waals surface area contributed by atoms with E-state index in [2.05, 4.69) is 6.58 Å². The van der Waals surface area contributed by atoms with Gasteiger partial charge in [0, 0.05) is 5.56 Å². The number of allylic oxidation sites excluding steroid dienone is 1. The molecule has 1 aromatic rings. The number of aromatic hydroxyl groups is 1. The Morgan fingerprint density at radius 1 is 1.53 bits per heavy atom. The standard InChI is InChI=1S/C13H19NO3/c1-3-5-9-6-10(11(14)8-15)7-12(13(9)16)17-4-2/h3,6-7,11,15-16H,1,4-5,8,14H2,2H3/t11-/m1/s1. The van der Waals surface area contributed by atoms with Gasteiger partial charge < -0.3 is 20.7 Å². The van der Waals surface area contributed by atoms with Crippen LogP contribution in [0.4, 0.5) is 0 Å². The smallest absolute Gasteiger partial charge is 0.161 e. The van der Waals surface area contributed by atoms with E-state index in [9.17, 15) is 5.11 Å². The molecule has 4 nitrogen and oxygen atoms in total. The molecule has 1 rings (SSSR count). The molecule has 0 radical (unpaired) electrons. The Morgan fingerprint density at radius 3 is 2.76 bits per heavy atom. The Bertz CT molecular complexity index is 390. The number of phenolic OH excluding ortho intramolecular Hbond substituents is 1. The molecule has 0 saturated carbocycles. The zero-order valence-electron chi connectivity index (χ0n) is 10.0. The lowest BCUT2D eigenvalue weighted by atomic mass is 10.0. The van der Waals surface area contributed by atoms with E-state index in [1.165, 1.54) is 0 Å². The van der Waals surface area contributed by atoms with E-state index in [0.717, 1.165) is 5.56 Å². The number of hydrogen-bond donors (Lipinski definition) is 3. The minimum absolute atomic E-state index is 0.112. The van der Waals surface area contributed by atoms with E-state index < -0.39 is 6.04 Å². The van der Waals surface area contributed by atoms with E-state index in [1.54, 1.807) is 18.2 Å². The van der Waals surface area contributed by atoms with Gasteiger partial charge in [-0.3, -0.25) is 0 Å². The van der Waals surface area contributed by atoms with E-state index in [1.807, 2.05) is 6.92 Å². The minimum atomic E-state index is -0.474. The van der Waals surface area contributed by atoms with Crippen molar-refractivity contribution in [3.63, 3.8) is 0 Å². The molecular weight excluding hydrogens is 218 g/mol. The van der Waals surface area contributed by atoms with Crippen LogP contribution in [0.1, 0.15) is 24.1 Å². The molecule has 17 heavy (non-hydrogen) atoms. The second-order valence-corrected chi connectivity index (χ2v) is 3.74. The third-order valence-corrected chi connectivity index (χ3v) is 2.47. The molecule has 0 amide bonds. The Labute approximate surface area is 101 Å². The molecule has 4 N–H and O–H groups in total. The molecule has 0 bridgehead atoms. The fourth-order valence-electron chi connectivity index (χ4n) is 1.59. The van der Waals surface area contributed by atoms with Gasteiger partial charge >= 0.3 is 0 Å². The molecule has 0 unspecified atom stereocenters. The van der Waals surface area contributed by atoms with Crippen LogP contribution in [0.15, 0.2) is 24.8 Å². The number of aliphatic hydroxyl groups is 1. The van der Waals surface area contributed by atoms with Gasteiger partial charge in [-0.05, 0) is 31.0 Å².